The van der Waals surface area contributed by atoms with E-state index in [9.17, 15) is 14.7 Å². The second-order valence-electron chi connectivity index (χ2n) is 4.74. The van der Waals surface area contributed by atoms with Crippen molar-refractivity contribution in [2.24, 2.45) is 0 Å². The molecule has 1 rings (SSSR count). The number of hydrogen-bond acceptors (Lipinski definition) is 6. The summed E-state index contributed by atoms with van der Waals surface area (Å²) in [6, 6.07) is 9.08. The van der Waals surface area contributed by atoms with Crippen molar-refractivity contribution >= 4 is 12.1 Å². The lowest BCUT2D eigenvalue weighted by atomic mass is 10.2. The summed E-state index contributed by atoms with van der Waals surface area (Å²) in [5.74, 6) is -0.563. The van der Waals surface area contributed by atoms with Crippen LogP contribution in [0.5, 0.6) is 0 Å². The van der Waals surface area contributed by atoms with Gasteiger partial charge in [0.1, 0.15) is 6.61 Å². The fourth-order valence-electron chi connectivity index (χ4n) is 1.76. The van der Waals surface area contributed by atoms with E-state index in [1.165, 1.54) is 13.8 Å². The summed E-state index contributed by atoms with van der Waals surface area (Å²) in [4.78, 5) is 24.2. The zero-order chi connectivity index (χ0) is 16.5. The van der Waals surface area contributed by atoms with E-state index in [0.29, 0.717) is 0 Å². The van der Waals surface area contributed by atoms with E-state index < -0.39 is 31.0 Å². The zero-order valence-corrected chi connectivity index (χ0v) is 12.6. The van der Waals surface area contributed by atoms with Crippen molar-refractivity contribution < 1.29 is 29.3 Å². The summed E-state index contributed by atoms with van der Waals surface area (Å²) in [5, 5.41) is 18.4. The van der Waals surface area contributed by atoms with Crippen LogP contribution < -0.4 is 0 Å². The summed E-state index contributed by atoms with van der Waals surface area (Å²) in [7, 11) is 0. The number of carbonyl (C=O) groups is 2. The highest BCUT2D eigenvalue weighted by Gasteiger charge is 2.26. The van der Waals surface area contributed by atoms with Gasteiger partial charge in [0.05, 0.1) is 19.3 Å². The van der Waals surface area contributed by atoms with Gasteiger partial charge in [-0.2, -0.15) is 0 Å². The number of benzene rings is 1. The Bertz CT molecular complexity index is 478. The van der Waals surface area contributed by atoms with E-state index in [4.69, 9.17) is 14.6 Å². The van der Waals surface area contributed by atoms with Crippen molar-refractivity contribution in [1.29, 1.82) is 0 Å². The number of rotatable bonds is 7. The standard InChI is InChI=1S/C15H21NO6/c1-11(22-12(2)18)16(8-14(19)9-17)15(20)21-10-13-6-4-3-5-7-13/h3-7,11,14,17,19H,8-10H2,1-2H3. The van der Waals surface area contributed by atoms with Crippen molar-refractivity contribution in [2.45, 2.75) is 32.8 Å². The molecule has 1 amide bonds. The van der Waals surface area contributed by atoms with Gasteiger partial charge in [-0.25, -0.2) is 4.79 Å². The van der Waals surface area contributed by atoms with Gasteiger partial charge in [0, 0.05) is 6.92 Å². The number of nitrogens with zero attached hydrogens (tertiary/aromatic N) is 1. The molecule has 0 saturated heterocycles. The van der Waals surface area contributed by atoms with E-state index in [0.717, 1.165) is 10.5 Å². The van der Waals surface area contributed by atoms with Crippen LogP contribution in [0.2, 0.25) is 0 Å². The first-order valence-electron chi connectivity index (χ1n) is 6.87. The normalized spacial score (nSPS) is 13.1. The molecule has 0 bridgehead atoms. The van der Waals surface area contributed by atoms with Crippen LogP contribution in [0.3, 0.4) is 0 Å². The molecule has 7 nitrogen and oxygen atoms in total. The predicted molar refractivity (Wildman–Crippen MR) is 77.7 cm³/mol. The third kappa shape index (κ3) is 6.11. The van der Waals surface area contributed by atoms with E-state index in [-0.39, 0.29) is 13.2 Å². The Kier molecular flexibility index (Phi) is 7.34. The molecule has 1 aromatic carbocycles. The van der Waals surface area contributed by atoms with Crippen molar-refractivity contribution in [3.63, 3.8) is 0 Å². The van der Waals surface area contributed by atoms with Crippen molar-refractivity contribution in [3.05, 3.63) is 35.9 Å². The second kappa shape index (κ2) is 9.01. The molecule has 0 aromatic heterocycles. The average molecular weight is 311 g/mol. The molecule has 1 aromatic rings. The molecule has 22 heavy (non-hydrogen) atoms. The minimum absolute atomic E-state index is 0.0538. The largest absolute Gasteiger partial charge is 0.444 e. The summed E-state index contributed by atoms with van der Waals surface area (Å²) in [6.07, 6.45) is -2.81. The highest BCUT2D eigenvalue weighted by Crippen LogP contribution is 2.09. The molecule has 0 radical (unpaired) electrons. The lowest BCUT2D eigenvalue weighted by molar-refractivity contribution is -0.154. The summed E-state index contributed by atoms with van der Waals surface area (Å²) >= 11 is 0. The molecule has 0 aliphatic rings. The van der Waals surface area contributed by atoms with E-state index in [1.807, 2.05) is 18.2 Å². The van der Waals surface area contributed by atoms with Gasteiger partial charge in [0.25, 0.3) is 0 Å². The number of aliphatic hydroxyl groups is 2. The minimum Gasteiger partial charge on any atom is -0.444 e. The molecular weight excluding hydrogens is 290 g/mol. The van der Waals surface area contributed by atoms with Crippen LogP contribution in [0.15, 0.2) is 30.3 Å². The molecule has 2 atom stereocenters. The Morgan fingerprint density at radius 3 is 2.45 bits per heavy atom. The van der Waals surface area contributed by atoms with Gasteiger partial charge in [-0.15, -0.1) is 0 Å². The van der Waals surface area contributed by atoms with Gasteiger partial charge in [-0.1, -0.05) is 30.3 Å². The maximum atomic E-state index is 12.1. The van der Waals surface area contributed by atoms with Gasteiger partial charge >= 0.3 is 12.1 Å². The summed E-state index contributed by atoms with van der Waals surface area (Å²) in [6.45, 7) is 2.02. The number of esters is 1. The third-order valence-corrected chi connectivity index (χ3v) is 2.83. The van der Waals surface area contributed by atoms with Crippen LogP contribution >= 0.6 is 0 Å². The highest BCUT2D eigenvalue weighted by molar-refractivity contribution is 5.69. The van der Waals surface area contributed by atoms with Crippen LogP contribution in [0.25, 0.3) is 0 Å². The lowest BCUT2D eigenvalue weighted by Crippen LogP contribution is -2.46. The summed E-state index contributed by atoms with van der Waals surface area (Å²) in [5.41, 5.74) is 0.804. The van der Waals surface area contributed by atoms with Crippen molar-refractivity contribution in [2.75, 3.05) is 13.2 Å². The highest BCUT2D eigenvalue weighted by atomic mass is 16.6. The first kappa shape index (κ1) is 17.9. The van der Waals surface area contributed by atoms with Gasteiger partial charge < -0.3 is 19.7 Å². The predicted octanol–water partition coefficient (Wildman–Crippen LogP) is 0.887. The maximum Gasteiger partial charge on any atom is 0.413 e. The third-order valence-electron chi connectivity index (χ3n) is 2.83. The molecule has 2 unspecified atom stereocenters. The monoisotopic (exact) mass is 311 g/mol. The molecule has 0 fully saturated rings. The van der Waals surface area contributed by atoms with Crippen LogP contribution in [-0.2, 0) is 20.9 Å². The fraction of sp³-hybridized carbons (Fsp3) is 0.467. The Hall–Kier alpha value is -2.12. The molecule has 2 N–H and O–H groups in total. The van der Waals surface area contributed by atoms with Crippen molar-refractivity contribution in [3.8, 4) is 0 Å². The van der Waals surface area contributed by atoms with E-state index >= 15 is 0 Å². The van der Waals surface area contributed by atoms with Crippen LogP contribution in [0.4, 0.5) is 4.79 Å². The van der Waals surface area contributed by atoms with E-state index in [2.05, 4.69) is 0 Å². The van der Waals surface area contributed by atoms with E-state index in [1.54, 1.807) is 12.1 Å². The van der Waals surface area contributed by atoms with Crippen LogP contribution in [0.1, 0.15) is 19.4 Å². The quantitative estimate of drug-likeness (QED) is 0.573. The number of ether oxygens (including phenoxy) is 2. The number of aliphatic hydroxyl groups excluding tert-OH is 2. The molecule has 0 aliphatic carbocycles. The van der Waals surface area contributed by atoms with Crippen LogP contribution in [-0.4, -0.2) is 52.7 Å². The molecule has 0 spiro atoms. The second-order valence-corrected chi connectivity index (χ2v) is 4.74. The molecule has 7 heteroatoms. The van der Waals surface area contributed by atoms with Gasteiger partial charge in [0.2, 0.25) is 0 Å². The fourth-order valence-corrected chi connectivity index (χ4v) is 1.76. The van der Waals surface area contributed by atoms with Crippen LogP contribution in [0, 0.1) is 0 Å². The average Bonchev–Trinajstić information content (AvgIpc) is 2.50. The first-order valence-corrected chi connectivity index (χ1v) is 6.87. The first-order chi connectivity index (χ1) is 10.4. The Labute approximate surface area is 129 Å². The maximum absolute atomic E-state index is 12.1. The molecular formula is C15H21NO6. The lowest BCUT2D eigenvalue weighted by Gasteiger charge is -2.29. The Morgan fingerprint density at radius 1 is 1.27 bits per heavy atom. The molecule has 0 aliphatic heterocycles. The Morgan fingerprint density at radius 2 is 1.91 bits per heavy atom. The molecule has 122 valence electrons. The molecule has 0 heterocycles. The SMILES string of the molecule is CC(=O)OC(C)N(CC(O)CO)C(=O)OCc1ccccc1. The topological polar surface area (TPSA) is 96.3 Å². The number of amides is 1. The van der Waals surface area contributed by atoms with Gasteiger partial charge in [0.15, 0.2) is 6.23 Å². The minimum atomic E-state index is -1.15. The number of carbonyl (C=O) groups excluding carboxylic acids is 2. The zero-order valence-electron chi connectivity index (χ0n) is 12.6. The van der Waals surface area contributed by atoms with Gasteiger partial charge in [-0.05, 0) is 12.5 Å². The molecule has 0 saturated carbocycles. The van der Waals surface area contributed by atoms with Gasteiger partial charge in [-0.3, -0.25) is 9.69 Å². The van der Waals surface area contributed by atoms with Crippen molar-refractivity contribution in [1.82, 2.24) is 4.90 Å². The summed E-state index contributed by atoms with van der Waals surface area (Å²) < 4.78 is 10.1. The smallest absolute Gasteiger partial charge is 0.413 e. The Balaban J connectivity index is 2.67. The number of hydrogen-bond donors (Lipinski definition) is 2.